The fourth-order valence-corrected chi connectivity index (χ4v) is 1.23. The van der Waals surface area contributed by atoms with Gasteiger partial charge in [-0.25, -0.2) is 13.9 Å². The highest BCUT2D eigenvalue weighted by atomic mass is 19.1. The van der Waals surface area contributed by atoms with E-state index in [0.717, 1.165) is 11.0 Å². The number of aromatic nitrogens is 3. The van der Waals surface area contributed by atoms with Crippen molar-refractivity contribution in [3.05, 3.63) is 52.5 Å². The summed E-state index contributed by atoms with van der Waals surface area (Å²) < 4.78 is 14.3. The molecule has 0 aliphatic rings. The van der Waals surface area contributed by atoms with Crippen LogP contribution in [0.1, 0.15) is 10.5 Å². The van der Waals surface area contributed by atoms with Gasteiger partial charge < -0.3 is 5.11 Å². The number of aromatic carboxylic acids is 1. The van der Waals surface area contributed by atoms with E-state index in [2.05, 4.69) is 10.1 Å². The molecule has 1 N–H and O–H groups in total. The molecule has 0 bridgehead atoms. The van der Waals surface area contributed by atoms with E-state index in [1.165, 1.54) is 18.2 Å². The summed E-state index contributed by atoms with van der Waals surface area (Å²) in [5.41, 5.74) is -1.71. The van der Waals surface area contributed by atoms with E-state index in [4.69, 9.17) is 5.11 Å². The maximum absolute atomic E-state index is 13.4. The topological polar surface area (TPSA) is 85.1 Å². The van der Waals surface area contributed by atoms with Gasteiger partial charge in [0.25, 0.3) is 0 Å². The van der Waals surface area contributed by atoms with Gasteiger partial charge in [-0.2, -0.15) is 10.1 Å². The van der Waals surface area contributed by atoms with Crippen molar-refractivity contribution in [1.82, 2.24) is 14.8 Å². The predicted octanol–water partition coefficient (Wildman–Crippen LogP) is 0.465. The minimum atomic E-state index is -1.51. The summed E-state index contributed by atoms with van der Waals surface area (Å²) in [7, 11) is 0. The van der Waals surface area contributed by atoms with Crippen molar-refractivity contribution in [2.24, 2.45) is 0 Å². The third-order valence-electron chi connectivity index (χ3n) is 2.00. The third-order valence-corrected chi connectivity index (χ3v) is 2.00. The largest absolute Gasteiger partial charge is 0.476 e. The van der Waals surface area contributed by atoms with Gasteiger partial charge in [0.2, 0.25) is 5.69 Å². The zero-order valence-electron chi connectivity index (χ0n) is 8.37. The predicted molar refractivity (Wildman–Crippen MR) is 54.5 cm³/mol. The number of hydrogen-bond donors (Lipinski definition) is 1. The molecule has 86 valence electrons. The Hall–Kier alpha value is -2.57. The number of benzene rings is 1. The van der Waals surface area contributed by atoms with Gasteiger partial charge in [-0.15, -0.1) is 0 Å². The number of rotatable bonds is 2. The molecule has 1 aromatic heterocycles. The molecule has 0 saturated heterocycles. The lowest BCUT2D eigenvalue weighted by molar-refractivity contribution is 0.0686. The molecule has 0 amide bonds. The highest BCUT2D eigenvalue weighted by Gasteiger charge is 2.13. The number of para-hydroxylation sites is 1. The maximum atomic E-state index is 13.4. The molecule has 0 fully saturated rings. The van der Waals surface area contributed by atoms with E-state index in [0.29, 0.717) is 0 Å². The molecule has 6 nitrogen and oxygen atoms in total. The van der Waals surface area contributed by atoms with Crippen molar-refractivity contribution in [3.63, 3.8) is 0 Å². The summed E-state index contributed by atoms with van der Waals surface area (Å²) in [5.74, 6) is -2.10. The molecule has 0 radical (unpaired) electrons. The molecule has 0 atom stereocenters. The molecule has 2 rings (SSSR count). The van der Waals surface area contributed by atoms with Crippen LogP contribution in [0.25, 0.3) is 5.69 Å². The van der Waals surface area contributed by atoms with Gasteiger partial charge in [0.1, 0.15) is 17.8 Å². The van der Waals surface area contributed by atoms with Crippen LogP contribution in [0.2, 0.25) is 0 Å². The van der Waals surface area contributed by atoms with Crippen LogP contribution in [0.5, 0.6) is 0 Å². The van der Waals surface area contributed by atoms with Gasteiger partial charge in [0, 0.05) is 0 Å². The lowest BCUT2D eigenvalue weighted by atomic mass is 10.3. The zero-order valence-corrected chi connectivity index (χ0v) is 8.37. The number of hydrogen-bond acceptors (Lipinski definition) is 4. The van der Waals surface area contributed by atoms with Crippen LogP contribution in [-0.2, 0) is 0 Å². The first-order valence-corrected chi connectivity index (χ1v) is 4.54. The molecular weight excluding hydrogens is 229 g/mol. The number of halogens is 1. The Morgan fingerprint density at radius 3 is 2.71 bits per heavy atom. The van der Waals surface area contributed by atoms with Crippen LogP contribution < -0.4 is 5.56 Å². The van der Waals surface area contributed by atoms with E-state index >= 15 is 0 Å². The SMILES string of the molecule is O=C(O)c1nn(-c2ccccc2F)cnc1=O. The van der Waals surface area contributed by atoms with Gasteiger partial charge in [-0.1, -0.05) is 12.1 Å². The van der Waals surface area contributed by atoms with Crippen molar-refractivity contribution in [1.29, 1.82) is 0 Å². The summed E-state index contributed by atoms with van der Waals surface area (Å²) in [6, 6.07) is 5.61. The average Bonchev–Trinajstić information content (AvgIpc) is 2.30. The Labute approximate surface area is 94.0 Å². The molecule has 0 spiro atoms. The fourth-order valence-electron chi connectivity index (χ4n) is 1.23. The van der Waals surface area contributed by atoms with Crippen LogP contribution in [0.3, 0.4) is 0 Å². The van der Waals surface area contributed by atoms with E-state index in [9.17, 15) is 14.0 Å². The molecule has 0 unspecified atom stereocenters. The molecule has 7 heteroatoms. The smallest absolute Gasteiger partial charge is 0.362 e. The maximum Gasteiger partial charge on any atom is 0.362 e. The number of carbonyl (C=O) groups is 1. The Kier molecular flexibility index (Phi) is 2.65. The second-order valence-corrected chi connectivity index (χ2v) is 3.10. The number of nitrogens with zero attached hydrogens (tertiary/aromatic N) is 3. The highest BCUT2D eigenvalue weighted by molar-refractivity contribution is 5.84. The molecule has 1 heterocycles. The van der Waals surface area contributed by atoms with Gasteiger partial charge in [0.15, 0.2) is 0 Å². The lowest BCUT2D eigenvalue weighted by Crippen LogP contribution is -2.23. The zero-order chi connectivity index (χ0) is 12.4. The first kappa shape index (κ1) is 10.9. The molecule has 0 saturated carbocycles. The Bertz CT molecular complexity index is 639. The van der Waals surface area contributed by atoms with Crippen LogP contribution in [0, 0.1) is 5.82 Å². The third kappa shape index (κ3) is 2.03. The normalized spacial score (nSPS) is 10.2. The van der Waals surface area contributed by atoms with Crippen molar-refractivity contribution in [3.8, 4) is 5.69 Å². The number of carboxylic acids is 1. The van der Waals surface area contributed by atoms with Crippen molar-refractivity contribution < 1.29 is 14.3 Å². The fraction of sp³-hybridized carbons (Fsp3) is 0. The number of carboxylic acid groups (broad SMARTS) is 1. The van der Waals surface area contributed by atoms with Gasteiger partial charge >= 0.3 is 11.5 Å². The summed E-state index contributed by atoms with van der Waals surface area (Å²) in [5, 5.41) is 12.2. The van der Waals surface area contributed by atoms with Crippen LogP contribution >= 0.6 is 0 Å². The first-order valence-electron chi connectivity index (χ1n) is 4.54. The minimum absolute atomic E-state index is 0.0162. The monoisotopic (exact) mass is 235 g/mol. The van der Waals surface area contributed by atoms with Gasteiger partial charge in [-0.05, 0) is 12.1 Å². The molecule has 0 aliphatic carbocycles. The van der Waals surface area contributed by atoms with Gasteiger partial charge in [0.05, 0.1) is 0 Å². The van der Waals surface area contributed by atoms with Gasteiger partial charge in [-0.3, -0.25) is 4.79 Å². The molecule has 0 aliphatic heterocycles. The van der Waals surface area contributed by atoms with Crippen LogP contribution in [0.15, 0.2) is 35.4 Å². The van der Waals surface area contributed by atoms with Crippen LogP contribution in [0.4, 0.5) is 4.39 Å². The second-order valence-electron chi connectivity index (χ2n) is 3.10. The van der Waals surface area contributed by atoms with Crippen molar-refractivity contribution in [2.75, 3.05) is 0 Å². The Morgan fingerprint density at radius 2 is 2.06 bits per heavy atom. The Morgan fingerprint density at radius 1 is 1.35 bits per heavy atom. The van der Waals surface area contributed by atoms with E-state index in [1.807, 2.05) is 0 Å². The van der Waals surface area contributed by atoms with E-state index in [-0.39, 0.29) is 5.69 Å². The lowest BCUT2D eigenvalue weighted by Gasteiger charge is -2.05. The molecular formula is C10H6FN3O3. The quantitative estimate of drug-likeness (QED) is 0.817. The van der Waals surface area contributed by atoms with E-state index < -0.39 is 23.0 Å². The second kappa shape index (κ2) is 4.12. The summed E-state index contributed by atoms with van der Waals surface area (Å²) in [6.07, 6.45) is 0.965. The van der Waals surface area contributed by atoms with E-state index in [1.54, 1.807) is 6.07 Å². The van der Waals surface area contributed by atoms with Crippen molar-refractivity contribution in [2.45, 2.75) is 0 Å². The van der Waals surface area contributed by atoms with Crippen LogP contribution in [-0.4, -0.2) is 25.8 Å². The average molecular weight is 235 g/mol. The Balaban J connectivity index is 2.62. The summed E-state index contributed by atoms with van der Waals surface area (Å²) in [4.78, 5) is 25.1. The summed E-state index contributed by atoms with van der Waals surface area (Å²) in [6.45, 7) is 0. The molecule has 2 aromatic rings. The highest BCUT2D eigenvalue weighted by Crippen LogP contribution is 2.09. The first-order chi connectivity index (χ1) is 8.09. The summed E-state index contributed by atoms with van der Waals surface area (Å²) >= 11 is 0. The van der Waals surface area contributed by atoms with Crippen molar-refractivity contribution >= 4 is 5.97 Å². The standard InChI is InChI=1S/C10H6FN3O3/c11-6-3-1-2-4-7(6)14-5-12-9(15)8(13-14)10(16)17/h1-5H,(H,16,17). The minimum Gasteiger partial charge on any atom is -0.476 e. The molecule has 1 aromatic carbocycles. The molecule has 17 heavy (non-hydrogen) atoms.